The van der Waals surface area contributed by atoms with Crippen molar-refractivity contribution in [1.82, 2.24) is 14.3 Å². The Labute approximate surface area is 149 Å². The monoisotopic (exact) mass is 362 g/mol. The van der Waals surface area contributed by atoms with Crippen molar-refractivity contribution in [2.75, 3.05) is 5.32 Å². The normalized spacial score (nSPS) is 10.8. The van der Waals surface area contributed by atoms with E-state index >= 15 is 0 Å². The zero-order valence-electron chi connectivity index (χ0n) is 13.3. The van der Waals surface area contributed by atoms with Gasteiger partial charge >= 0.3 is 0 Å². The lowest BCUT2D eigenvalue weighted by molar-refractivity contribution is 0.101. The summed E-state index contributed by atoms with van der Waals surface area (Å²) in [6.07, 6.45) is 1.63. The fraction of sp³-hybridized carbons (Fsp3) is 0.176. The number of nitrogens with one attached hydrogen (secondary N) is 1. The third-order valence-electron chi connectivity index (χ3n) is 3.92. The lowest BCUT2D eigenvalue weighted by Crippen LogP contribution is -2.19. The molecule has 2 aromatic heterocycles. The molecular weight excluding hydrogens is 347 g/mol. The molecule has 0 fully saturated rings. The van der Waals surface area contributed by atoms with Gasteiger partial charge in [0.05, 0.1) is 22.8 Å². The smallest absolute Gasteiger partial charge is 0.273 e. The Hall–Kier alpha value is -2.24. The fourth-order valence-corrected chi connectivity index (χ4v) is 2.80. The summed E-state index contributed by atoms with van der Waals surface area (Å²) in [7, 11) is 1.85. The topological polar surface area (TPSA) is 51.9 Å². The van der Waals surface area contributed by atoms with E-state index in [-0.39, 0.29) is 5.91 Å². The van der Waals surface area contributed by atoms with E-state index in [0.29, 0.717) is 28.1 Å². The van der Waals surface area contributed by atoms with Crippen molar-refractivity contribution >= 4 is 34.9 Å². The minimum Gasteiger partial charge on any atom is -0.344 e. The number of aryl methyl sites for hydroxylation is 1. The van der Waals surface area contributed by atoms with E-state index in [4.69, 9.17) is 23.2 Å². The lowest BCUT2D eigenvalue weighted by atomic mass is 10.2. The third-order valence-corrected chi connectivity index (χ3v) is 4.77. The summed E-state index contributed by atoms with van der Waals surface area (Å²) in [4.78, 5) is 12.5. The van der Waals surface area contributed by atoms with Gasteiger partial charge in [0, 0.05) is 18.8 Å². The van der Waals surface area contributed by atoms with Gasteiger partial charge < -0.3 is 9.88 Å². The highest BCUT2D eigenvalue weighted by atomic mass is 35.5. The number of amides is 1. The molecule has 7 heteroatoms. The van der Waals surface area contributed by atoms with E-state index < -0.39 is 0 Å². The summed E-state index contributed by atoms with van der Waals surface area (Å²) in [5, 5.41) is 8.11. The summed E-state index contributed by atoms with van der Waals surface area (Å²) < 4.78 is 3.51. The Kier molecular flexibility index (Phi) is 4.64. The van der Waals surface area contributed by atoms with E-state index in [1.807, 2.05) is 36.7 Å². The second kappa shape index (κ2) is 6.71. The highest BCUT2D eigenvalue weighted by Gasteiger charge is 2.14. The van der Waals surface area contributed by atoms with Crippen molar-refractivity contribution in [3.05, 3.63) is 69.6 Å². The van der Waals surface area contributed by atoms with Crippen LogP contribution in [0.5, 0.6) is 0 Å². The standard InChI is InChI=1S/C17H16Cl2N4O/c1-11-6-7-14(22(11)2)17(24)21-15-8-9-20-23(15)10-12-4-3-5-13(18)16(12)19/h3-9H,10H2,1-2H3,(H,21,24). The van der Waals surface area contributed by atoms with Crippen LogP contribution in [0.25, 0.3) is 0 Å². The predicted octanol–water partition coefficient (Wildman–Crippen LogP) is 4.14. The average Bonchev–Trinajstić information content (AvgIpc) is 3.12. The van der Waals surface area contributed by atoms with Crippen molar-refractivity contribution in [2.45, 2.75) is 13.5 Å². The van der Waals surface area contributed by atoms with Crippen LogP contribution in [0.3, 0.4) is 0 Å². The number of nitrogens with zero attached hydrogens (tertiary/aromatic N) is 3. The van der Waals surface area contributed by atoms with Crippen molar-refractivity contribution in [1.29, 1.82) is 0 Å². The molecule has 1 amide bonds. The first-order valence-corrected chi connectivity index (χ1v) is 8.11. The maximum absolute atomic E-state index is 12.5. The van der Waals surface area contributed by atoms with Gasteiger partial charge in [0.1, 0.15) is 11.5 Å². The maximum Gasteiger partial charge on any atom is 0.273 e. The molecule has 0 bridgehead atoms. The summed E-state index contributed by atoms with van der Waals surface area (Å²) in [6, 6.07) is 10.9. The Balaban J connectivity index is 1.82. The van der Waals surface area contributed by atoms with E-state index in [0.717, 1.165) is 11.3 Å². The van der Waals surface area contributed by atoms with Crippen molar-refractivity contribution in [2.24, 2.45) is 7.05 Å². The molecule has 124 valence electrons. The number of anilines is 1. The van der Waals surface area contributed by atoms with Crippen LogP contribution in [0.1, 0.15) is 21.7 Å². The quantitative estimate of drug-likeness (QED) is 0.758. The molecule has 3 rings (SSSR count). The van der Waals surface area contributed by atoms with Crippen molar-refractivity contribution < 1.29 is 4.79 Å². The zero-order valence-corrected chi connectivity index (χ0v) is 14.8. The van der Waals surface area contributed by atoms with Gasteiger partial charge in [0.25, 0.3) is 5.91 Å². The third kappa shape index (κ3) is 3.18. The molecule has 5 nitrogen and oxygen atoms in total. The van der Waals surface area contributed by atoms with Crippen LogP contribution in [0, 0.1) is 6.92 Å². The number of halogens is 2. The van der Waals surface area contributed by atoms with E-state index in [1.165, 1.54) is 0 Å². The van der Waals surface area contributed by atoms with Crippen LogP contribution < -0.4 is 5.32 Å². The zero-order chi connectivity index (χ0) is 17.3. The number of hydrogen-bond donors (Lipinski definition) is 1. The minimum atomic E-state index is -0.190. The molecule has 1 aromatic carbocycles. The molecule has 0 saturated heterocycles. The number of hydrogen-bond acceptors (Lipinski definition) is 2. The van der Waals surface area contributed by atoms with Crippen LogP contribution in [0.4, 0.5) is 5.82 Å². The summed E-state index contributed by atoms with van der Waals surface area (Å²) >= 11 is 12.3. The molecule has 0 aliphatic carbocycles. The summed E-state index contributed by atoms with van der Waals surface area (Å²) in [6.45, 7) is 2.36. The minimum absolute atomic E-state index is 0.190. The molecule has 0 saturated carbocycles. The maximum atomic E-state index is 12.5. The van der Waals surface area contributed by atoms with Crippen molar-refractivity contribution in [3.63, 3.8) is 0 Å². The van der Waals surface area contributed by atoms with E-state index in [2.05, 4.69) is 10.4 Å². The molecule has 0 aliphatic heterocycles. The van der Waals surface area contributed by atoms with Crippen molar-refractivity contribution in [3.8, 4) is 0 Å². The first kappa shape index (κ1) is 16.6. The number of carbonyl (C=O) groups excluding carboxylic acids is 1. The Bertz CT molecular complexity index is 898. The largest absolute Gasteiger partial charge is 0.344 e. The number of carbonyl (C=O) groups is 1. The summed E-state index contributed by atoms with van der Waals surface area (Å²) in [5.74, 6) is 0.402. The van der Waals surface area contributed by atoms with Gasteiger partial charge in [-0.1, -0.05) is 35.3 Å². The van der Waals surface area contributed by atoms with Gasteiger partial charge in [0.2, 0.25) is 0 Å². The Morgan fingerprint density at radius 3 is 2.71 bits per heavy atom. The SMILES string of the molecule is Cc1ccc(C(=O)Nc2ccnn2Cc2cccc(Cl)c2Cl)n1C. The molecule has 0 aliphatic rings. The Morgan fingerprint density at radius 1 is 1.21 bits per heavy atom. The molecule has 2 heterocycles. The van der Waals surface area contributed by atoms with Gasteiger partial charge in [-0.2, -0.15) is 5.10 Å². The highest BCUT2D eigenvalue weighted by Crippen LogP contribution is 2.26. The van der Waals surface area contributed by atoms with Gasteiger partial charge in [-0.3, -0.25) is 4.79 Å². The molecule has 24 heavy (non-hydrogen) atoms. The van der Waals surface area contributed by atoms with Gasteiger partial charge in [-0.05, 0) is 30.7 Å². The first-order chi connectivity index (χ1) is 11.5. The predicted molar refractivity (Wildman–Crippen MR) is 95.9 cm³/mol. The van der Waals surface area contributed by atoms with Gasteiger partial charge in [-0.25, -0.2) is 4.68 Å². The molecule has 0 radical (unpaired) electrons. The Morgan fingerprint density at radius 2 is 2.00 bits per heavy atom. The highest BCUT2D eigenvalue weighted by molar-refractivity contribution is 6.42. The molecule has 0 unspecified atom stereocenters. The van der Waals surface area contributed by atoms with Crippen LogP contribution in [0.15, 0.2) is 42.6 Å². The number of aromatic nitrogens is 3. The van der Waals surface area contributed by atoms with E-state index in [9.17, 15) is 4.79 Å². The van der Waals surface area contributed by atoms with Crippen LogP contribution in [-0.4, -0.2) is 20.3 Å². The second-order valence-electron chi connectivity index (χ2n) is 5.46. The van der Waals surface area contributed by atoms with Crippen LogP contribution in [0.2, 0.25) is 10.0 Å². The fourth-order valence-electron chi connectivity index (χ4n) is 2.42. The van der Waals surface area contributed by atoms with Gasteiger partial charge in [-0.15, -0.1) is 0 Å². The van der Waals surface area contributed by atoms with Crippen LogP contribution in [-0.2, 0) is 13.6 Å². The molecule has 0 spiro atoms. The lowest BCUT2D eigenvalue weighted by Gasteiger charge is -2.11. The molecule has 1 N–H and O–H groups in total. The summed E-state index contributed by atoms with van der Waals surface area (Å²) in [5.41, 5.74) is 2.43. The number of rotatable bonds is 4. The second-order valence-corrected chi connectivity index (χ2v) is 6.25. The molecule has 0 atom stereocenters. The average molecular weight is 363 g/mol. The van der Waals surface area contributed by atoms with Gasteiger partial charge in [0.15, 0.2) is 0 Å². The van der Waals surface area contributed by atoms with Crippen LogP contribution >= 0.6 is 23.2 Å². The molecular formula is C17H16Cl2N4O. The first-order valence-electron chi connectivity index (χ1n) is 7.35. The van der Waals surface area contributed by atoms with E-state index in [1.54, 1.807) is 29.1 Å². The molecule has 3 aromatic rings. The number of benzene rings is 1.